The van der Waals surface area contributed by atoms with Crippen LogP contribution in [-0.2, 0) is 20.8 Å². The molecule has 22 heavy (non-hydrogen) atoms. The van der Waals surface area contributed by atoms with Gasteiger partial charge in [0.2, 0.25) is 5.91 Å². The molecule has 2 saturated heterocycles. The van der Waals surface area contributed by atoms with Crippen LogP contribution >= 0.6 is 0 Å². The van der Waals surface area contributed by atoms with Crippen LogP contribution in [0, 0.1) is 11.8 Å². The molecule has 0 radical (unpaired) electrons. The predicted octanol–water partition coefficient (Wildman–Crippen LogP) is 0.879. The first-order valence-corrected chi connectivity index (χ1v) is 7.88. The Labute approximate surface area is 130 Å². The number of methoxy groups -OCH3 is 1. The number of ether oxygens (including phenoxy) is 2. The molecule has 0 aromatic carbocycles. The number of carbonyl (C=O) groups is 1. The molecule has 6 heteroatoms. The highest BCUT2D eigenvalue weighted by molar-refractivity contribution is 5.76. The normalized spacial score (nSPS) is 28.0. The van der Waals surface area contributed by atoms with E-state index in [1.807, 2.05) is 12.1 Å². The Morgan fingerprint density at radius 2 is 2.41 bits per heavy atom. The average molecular weight is 308 g/mol. The maximum atomic E-state index is 12.1. The van der Waals surface area contributed by atoms with E-state index >= 15 is 0 Å². The molecular weight excluding hydrogens is 284 g/mol. The molecule has 0 unspecified atom stereocenters. The van der Waals surface area contributed by atoms with E-state index in [4.69, 9.17) is 13.9 Å². The molecule has 1 aromatic heterocycles. The highest BCUT2D eigenvalue weighted by Gasteiger charge is 2.44. The largest absolute Gasteiger partial charge is 0.467 e. The number of likely N-dealkylation sites (tertiary alicyclic amines) is 1. The highest BCUT2D eigenvalue weighted by Crippen LogP contribution is 2.35. The second-order valence-corrected chi connectivity index (χ2v) is 6.11. The Hall–Kier alpha value is -1.37. The van der Waals surface area contributed by atoms with E-state index in [9.17, 15) is 4.79 Å². The van der Waals surface area contributed by atoms with Gasteiger partial charge in [-0.25, -0.2) is 0 Å². The number of nitrogens with one attached hydrogen (secondary N) is 1. The van der Waals surface area contributed by atoms with Crippen molar-refractivity contribution in [1.29, 1.82) is 0 Å². The summed E-state index contributed by atoms with van der Waals surface area (Å²) < 4.78 is 16.2. The molecule has 2 aliphatic rings. The molecule has 3 atom stereocenters. The predicted molar refractivity (Wildman–Crippen MR) is 80.2 cm³/mol. The molecule has 2 aliphatic heterocycles. The molecule has 6 nitrogen and oxygen atoms in total. The fourth-order valence-corrected chi connectivity index (χ4v) is 3.40. The molecule has 0 bridgehead atoms. The summed E-state index contributed by atoms with van der Waals surface area (Å²) in [6, 6.07) is 3.68. The lowest BCUT2D eigenvalue weighted by Gasteiger charge is -2.18. The van der Waals surface area contributed by atoms with E-state index in [1.54, 1.807) is 13.4 Å². The van der Waals surface area contributed by atoms with Crippen LogP contribution in [0.2, 0.25) is 0 Å². The molecule has 1 amide bonds. The molecular formula is C16H24N2O4. The van der Waals surface area contributed by atoms with Crippen molar-refractivity contribution in [1.82, 2.24) is 10.2 Å². The van der Waals surface area contributed by atoms with Gasteiger partial charge in [0.05, 0.1) is 32.1 Å². The van der Waals surface area contributed by atoms with Crippen molar-refractivity contribution in [2.45, 2.75) is 19.1 Å². The van der Waals surface area contributed by atoms with Gasteiger partial charge < -0.3 is 19.2 Å². The topological polar surface area (TPSA) is 63.9 Å². The van der Waals surface area contributed by atoms with E-state index in [2.05, 4.69) is 10.2 Å². The van der Waals surface area contributed by atoms with Crippen LogP contribution in [0.1, 0.15) is 12.2 Å². The van der Waals surface area contributed by atoms with Gasteiger partial charge in [-0.2, -0.15) is 0 Å². The quantitative estimate of drug-likeness (QED) is 0.810. The van der Waals surface area contributed by atoms with E-state index < -0.39 is 0 Å². The number of fused-ring (bicyclic) bond motifs is 1. The molecule has 0 aliphatic carbocycles. The van der Waals surface area contributed by atoms with Gasteiger partial charge in [0.15, 0.2) is 0 Å². The first-order chi connectivity index (χ1) is 10.8. The second-order valence-electron chi connectivity index (χ2n) is 6.11. The minimum Gasteiger partial charge on any atom is -0.467 e. The Morgan fingerprint density at radius 3 is 3.18 bits per heavy atom. The standard InChI is InChI=1S/C16H24N2O4/c1-20-6-4-18-9-14-12(11-22-15(14)10-18)7-16(19)17-8-13-3-2-5-21-13/h2-3,5,12,14-15H,4,6-11H2,1H3,(H,17,19)/t12-,14+,15+/m1/s1. The van der Waals surface area contributed by atoms with Crippen molar-refractivity contribution in [3.63, 3.8) is 0 Å². The van der Waals surface area contributed by atoms with Crippen molar-refractivity contribution in [2.75, 3.05) is 40.0 Å². The van der Waals surface area contributed by atoms with Crippen molar-refractivity contribution in [3.8, 4) is 0 Å². The second kappa shape index (κ2) is 7.26. The lowest BCUT2D eigenvalue weighted by Crippen LogP contribution is -2.30. The first-order valence-electron chi connectivity index (χ1n) is 7.88. The molecule has 1 N–H and O–H groups in total. The molecule has 122 valence electrons. The van der Waals surface area contributed by atoms with Crippen LogP contribution < -0.4 is 5.32 Å². The molecule has 1 aromatic rings. The SMILES string of the molecule is COCCN1C[C@H]2[C@H](CC(=O)NCc3ccco3)CO[C@H]2C1. The van der Waals surface area contributed by atoms with Gasteiger partial charge in [-0.15, -0.1) is 0 Å². The van der Waals surface area contributed by atoms with E-state index in [0.29, 0.717) is 31.4 Å². The molecule has 3 heterocycles. The number of hydrogen-bond donors (Lipinski definition) is 1. The fourth-order valence-electron chi connectivity index (χ4n) is 3.40. The molecule has 0 saturated carbocycles. The van der Waals surface area contributed by atoms with E-state index in [0.717, 1.165) is 32.0 Å². The van der Waals surface area contributed by atoms with Crippen LogP contribution in [0.3, 0.4) is 0 Å². The summed E-state index contributed by atoms with van der Waals surface area (Å²) in [6.45, 7) is 4.79. The molecule has 2 fully saturated rings. The number of amides is 1. The summed E-state index contributed by atoms with van der Waals surface area (Å²) in [7, 11) is 1.72. The Bertz CT molecular complexity index is 477. The van der Waals surface area contributed by atoms with E-state index in [1.165, 1.54) is 0 Å². The van der Waals surface area contributed by atoms with E-state index in [-0.39, 0.29) is 12.0 Å². The van der Waals surface area contributed by atoms with Gasteiger partial charge in [-0.05, 0) is 18.1 Å². The van der Waals surface area contributed by atoms with Crippen molar-refractivity contribution in [3.05, 3.63) is 24.2 Å². The Morgan fingerprint density at radius 1 is 1.50 bits per heavy atom. The van der Waals surface area contributed by atoms with Crippen molar-refractivity contribution < 1.29 is 18.7 Å². The van der Waals surface area contributed by atoms with Crippen LogP contribution in [0.25, 0.3) is 0 Å². The smallest absolute Gasteiger partial charge is 0.220 e. The van der Waals surface area contributed by atoms with Gasteiger partial charge >= 0.3 is 0 Å². The summed E-state index contributed by atoms with van der Waals surface area (Å²) in [5.74, 6) is 1.63. The number of nitrogens with zero attached hydrogens (tertiary/aromatic N) is 1. The number of carbonyl (C=O) groups excluding carboxylic acids is 1. The zero-order valence-corrected chi connectivity index (χ0v) is 13.0. The maximum Gasteiger partial charge on any atom is 0.220 e. The van der Waals surface area contributed by atoms with Crippen LogP contribution in [0.15, 0.2) is 22.8 Å². The van der Waals surface area contributed by atoms with Crippen molar-refractivity contribution in [2.24, 2.45) is 11.8 Å². The highest BCUT2D eigenvalue weighted by atomic mass is 16.5. The van der Waals surface area contributed by atoms with Gasteiger partial charge in [0.25, 0.3) is 0 Å². The summed E-state index contributed by atoms with van der Waals surface area (Å²) in [5, 5.41) is 2.92. The summed E-state index contributed by atoms with van der Waals surface area (Å²) in [6.07, 6.45) is 2.42. The number of hydrogen-bond acceptors (Lipinski definition) is 5. The van der Waals surface area contributed by atoms with Crippen molar-refractivity contribution >= 4 is 5.91 Å². The van der Waals surface area contributed by atoms with Gasteiger partial charge in [0.1, 0.15) is 5.76 Å². The van der Waals surface area contributed by atoms with Gasteiger partial charge in [0, 0.05) is 39.1 Å². The first kappa shape index (κ1) is 15.5. The summed E-state index contributed by atoms with van der Waals surface area (Å²) >= 11 is 0. The summed E-state index contributed by atoms with van der Waals surface area (Å²) in [5.41, 5.74) is 0. The van der Waals surface area contributed by atoms with Crippen LogP contribution in [-0.4, -0.2) is 56.9 Å². The summed E-state index contributed by atoms with van der Waals surface area (Å²) in [4.78, 5) is 14.5. The zero-order chi connectivity index (χ0) is 15.4. The zero-order valence-electron chi connectivity index (χ0n) is 13.0. The van der Waals surface area contributed by atoms with Gasteiger partial charge in [-0.3, -0.25) is 9.69 Å². The lowest BCUT2D eigenvalue weighted by molar-refractivity contribution is -0.122. The maximum absolute atomic E-state index is 12.1. The van der Waals surface area contributed by atoms with Gasteiger partial charge in [-0.1, -0.05) is 0 Å². The molecule has 0 spiro atoms. The number of furan rings is 1. The fraction of sp³-hybridized carbons (Fsp3) is 0.688. The third kappa shape index (κ3) is 3.69. The number of rotatable bonds is 7. The minimum atomic E-state index is 0.0704. The average Bonchev–Trinajstić information content (AvgIpc) is 3.21. The third-order valence-corrected chi connectivity index (χ3v) is 4.61. The lowest BCUT2D eigenvalue weighted by atomic mass is 9.90. The third-order valence-electron chi connectivity index (χ3n) is 4.61. The monoisotopic (exact) mass is 308 g/mol. The minimum absolute atomic E-state index is 0.0704. The van der Waals surface area contributed by atoms with Crippen LogP contribution in [0.4, 0.5) is 0 Å². The Balaban J connectivity index is 1.43. The Kier molecular flexibility index (Phi) is 5.12. The molecule has 3 rings (SSSR count). The van der Waals surface area contributed by atoms with Crippen LogP contribution in [0.5, 0.6) is 0 Å².